The topological polar surface area (TPSA) is 84.9 Å². The summed E-state index contributed by atoms with van der Waals surface area (Å²) in [7, 11) is 0. The van der Waals surface area contributed by atoms with E-state index in [-0.39, 0.29) is 24.3 Å². The summed E-state index contributed by atoms with van der Waals surface area (Å²) >= 11 is 3.38. The molecule has 0 spiro atoms. The molecule has 0 aliphatic carbocycles. The number of carbonyl (C=O) groups is 3. The Morgan fingerprint density at radius 2 is 2.11 bits per heavy atom. The number of hydrogen-bond acceptors (Lipinski definition) is 5. The van der Waals surface area contributed by atoms with Crippen LogP contribution in [0.4, 0.5) is 0 Å². The molecule has 7 nitrogen and oxygen atoms in total. The molecule has 1 N–H and O–H groups in total. The lowest BCUT2D eigenvalue weighted by atomic mass is 10.1. The molecule has 28 heavy (non-hydrogen) atoms. The van der Waals surface area contributed by atoms with E-state index in [1.807, 2.05) is 13.8 Å². The number of esters is 1. The monoisotopic (exact) mass is 454 g/mol. The first-order chi connectivity index (χ1) is 13.4. The predicted molar refractivity (Wildman–Crippen MR) is 108 cm³/mol. The van der Waals surface area contributed by atoms with Gasteiger partial charge in [0.05, 0.1) is 24.7 Å². The van der Waals surface area contributed by atoms with Crippen LogP contribution in [0.3, 0.4) is 0 Å². The highest BCUT2D eigenvalue weighted by atomic mass is 79.9. The number of rotatable bonds is 8. The lowest BCUT2D eigenvalue weighted by Crippen LogP contribution is -2.58. The van der Waals surface area contributed by atoms with Gasteiger partial charge in [-0.05, 0) is 38.0 Å². The lowest BCUT2D eigenvalue weighted by molar-refractivity contribution is -0.151. The van der Waals surface area contributed by atoms with Gasteiger partial charge in [0.1, 0.15) is 11.8 Å². The number of hydrogen-bond donors (Lipinski definition) is 1. The summed E-state index contributed by atoms with van der Waals surface area (Å²) in [5, 5.41) is 2.72. The molecule has 1 aromatic rings. The molecule has 0 saturated carbocycles. The average Bonchev–Trinajstić information content (AvgIpc) is 2.67. The molecule has 1 aliphatic heterocycles. The molecule has 1 aromatic carbocycles. The second kappa shape index (κ2) is 10.5. The Balaban J connectivity index is 2.25. The van der Waals surface area contributed by atoms with Crippen molar-refractivity contribution < 1.29 is 23.9 Å². The van der Waals surface area contributed by atoms with E-state index in [0.717, 1.165) is 10.9 Å². The smallest absolute Gasteiger partial charge is 0.308 e. The van der Waals surface area contributed by atoms with E-state index in [0.29, 0.717) is 37.4 Å². The van der Waals surface area contributed by atoms with Gasteiger partial charge in [0.25, 0.3) is 5.91 Å². The van der Waals surface area contributed by atoms with Crippen molar-refractivity contribution in [2.45, 2.75) is 52.2 Å². The number of benzene rings is 1. The summed E-state index contributed by atoms with van der Waals surface area (Å²) in [6.45, 7) is 6.81. The zero-order valence-corrected chi connectivity index (χ0v) is 18.1. The van der Waals surface area contributed by atoms with E-state index in [4.69, 9.17) is 9.47 Å². The van der Waals surface area contributed by atoms with Crippen molar-refractivity contribution in [2.75, 3.05) is 19.7 Å². The van der Waals surface area contributed by atoms with E-state index in [1.165, 1.54) is 4.90 Å². The van der Waals surface area contributed by atoms with E-state index in [1.54, 1.807) is 25.1 Å². The number of carbonyl (C=O) groups excluding carboxylic acids is 3. The summed E-state index contributed by atoms with van der Waals surface area (Å²) in [5.41, 5.74) is 0.359. The molecule has 0 radical (unpaired) electrons. The molecule has 0 bridgehead atoms. The maximum Gasteiger partial charge on any atom is 0.308 e. The van der Waals surface area contributed by atoms with Gasteiger partial charge in [0.15, 0.2) is 0 Å². The van der Waals surface area contributed by atoms with E-state index >= 15 is 0 Å². The molecule has 1 fully saturated rings. The molecule has 2 atom stereocenters. The zero-order valence-electron chi connectivity index (χ0n) is 16.5. The normalized spacial score (nSPS) is 17.6. The molecule has 2 rings (SSSR count). The van der Waals surface area contributed by atoms with Gasteiger partial charge in [-0.15, -0.1) is 0 Å². The molecular weight excluding hydrogens is 428 g/mol. The third-order valence-electron chi connectivity index (χ3n) is 4.49. The van der Waals surface area contributed by atoms with Crippen LogP contribution in [0.1, 0.15) is 50.4 Å². The highest BCUT2D eigenvalue weighted by Crippen LogP contribution is 2.26. The molecule has 154 valence electrons. The largest absolute Gasteiger partial charge is 0.493 e. The summed E-state index contributed by atoms with van der Waals surface area (Å²) in [4.78, 5) is 39.3. The van der Waals surface area contributed by atoms with Crippen LogP contribution in [0.2, 0.25) is 0 Å². The minimum absolute atomic E-state index is 0.179. The van der Waals surface area contributed by atoms with Crippen molar-refractivity contribution in [1.82, 2.24) is 10.2 Å². The minimum atomic E-state index is -0.907. The number of ether oxygens (including phenoxy) is 2. The van der Waals surface area contributed by atoms with Crippen LogP contribution < -0.4 is 10.1 Å². The van der Waals surface area contributed by atoms with Crippen molar-refractivity contribution in [3.8, 4) is 5.75 Å². The highest BCUT2D eigenvalue weighted by Gasteiger charge is 2.36. The fourth-order valence-electron chi connectivity index (χ4n) is 2.84. The Morgan fingerprint density at radius 3 is 2.79 bits per heavy atom. The molecule has 0 aromatic heterocycles. The number of piperazine rings is 1. The van der Waals surface area contributed by atoms with Crippen molar-refractivity contribution >= 4 is 33.7 Å². The van der Waals surface area contributed by atoms with Gasteiger partial charge in [0, 0.05) is 17.6 Å². The maximum absolute atomic E-state index is 13.2. The second-order valence-corrected chi connectivity index (χ2v) is 7.62. The average molecular weight is 455 g/mol. The third-order valence-corrected chi connectivity index (χ3v) is 4.99. The number of halogens is 1. The van der Waals surface area contributed by atoms with Gasteiger partial charge in [-0.3, -0.25) is 14.4 Å². The van der Waals surface area contributed by atoms with Crippen LogP contribution in [0.5, 0.6) is 5.75 Å². The number of nitrogens with zero attached hydrogens (tertiary/aromatic N) is 1. The summed E-state index contributed by atoms with van der Waals surface area (Å²) in [6, 6.07) is 4.29. The van der Waals surface area contributed by atoms with Crippen LogP contribution in [-0.4, -0.2) is 54.5 Å². The fraction of sp³-hybridized carbons (Fsp3) is 0.550. The van der Waals surface area contributed by atoms with Crippen LogP contribution >= 0.6 is 15.9 Å². The van der Waals surface area contributed by atoms with Gasteiger partial charge >= 0.3 is 5.97 Å². The van der Waals surface area contributed by atoms with Gasteiger partial charge in [-0.2, -0.15) is 0 Å². The number of amides is 2. The third kappa shape index (κ3) is 5.70. The quantitative estimate of drug-likeness (QED) is 0.610. The van der Waals surface area contributed by atoms with Crippen LogP contribution in [0, 0.1) is 0 Å². The minimum Gasteiger partial charge on any atom is -0.493 e. The summed E-state index contributed by atoms with van der Waals surface area (Å²) in [5.74, 6) is -0.733. The fourth-order valence-corrected chi connectivity index (χ4v) is 3.20. The molecule has 8 heteroatoms. The molecule has 1 heterocycles. The van der Waals surface area contributed by atoms with Crippen LogP contribution in [-0.2, 0) is 14.3 Å². The van der Waals surface area contributed by atoms with E-state index in [9.17, 15) is 14.4 Å². The zero-order chi connectivity index (χ0) is 20.7. The Labute approximate surface area is 173 Å². The van der Waals surface area contributed by atoms with Gasteiger partial charge < -0.3 is 19.7 Å². The van der Waals surface area contributed by atoms with Gasteiger partial charge in [-0.1, -0.05) is 29.8 Å². The van der Waals surface area contributed by atoms with Crippen molar-refractivity contribution in [2.24, 2.45) is 0 Å². The van der Waals surface area contributed by atoms with Crippen molar-refractivity contribution in [3.05, 3.63) is 28.2 Å². The van der Waals surface area contributed by atoms with Gasteiger partial charge in [0.2, 0.25) is 5.91 Å². The number of nitrogens with one attached hydrogen (secondary N) is 1. The van der Waals surface area contributed by atoms with Crippen LogP contribution in [0.25, 0.3) is 0 Å². The first kappa shape index (κ1) is 22.2. The molecule has 1 aliphatic rings. The second-order valence-electron chi connectivity index (χ2n) is 6.71. The Morgan fingerprint density at radius 1 is 1.36 bits per heavy atom. The van der Waals surface area contributed by atoms with Crippen LogP contribution in [0.15, 0.2) is 22.7 Å². The highest BCUT2D eigenvalue weighted by molar-refractivity contribution is 9.10. The van der Waals surface area contributed by atoms with Gasteiger partial charge in [-0.25, -0.2) is 0 Å². The Hall–Kier alpha value is -2.09. The Kier molecular flexibility index (Phi) is 8.29. The molecule has 2 amide bonds. The SMILES string of the molecule is CCCOc1ccc(Br)cc1C(=O)N1CCNC(=O)C1CC(=O)OC(C)CC. The standard InChI is InChI=1S/C20H27BrN2O5/c1-4-10-27-17-7-6-14(21)11-15(17)20(26)23-9-8-22-19(25)16(23)12-18(24)28-13(3)5-2/h6-7,11,13,16H,4-5,8-10,12H2,1-3H3,(H,22,25). The molecular formula is C20H27BrN2O5. The summed E-state index contributed by atoms with van der Waals surface area (Å²) < 4.78 is 11.7. The maximum atomic E-state index is 13.2. The first-order valence-electron chi connectivity index (χ1n) is 9.57. The van der Waals surface area contributed by atoms with E-state index < -0.39 is 12.0 Å². The molecule has 1 saturated heterocycles. The Bertz CT molecular complexity index is 725. The first-order valence-corrected chi connectivity index (χ1v) is 10.4. The molecule has 2 unspecified atom stereocenters. The van der Waals surface area contributed by atoms with Crippen molar-refractivity contribution in [1.29, 1.82) is 0 Å². The van der Waals surface area contributed by atoms with E-state index in [2.05, 4.69) is 21.2 Å². The summed E-state index contributed by atoms with van der Waals surface area (Å²) in [6.07, 6.45) is 1.07. The predicted octanol–water partition coefficient (Wildman–Crippen LogP) is 2.91. The van der Waals surface area contributed by atoms with Crippen molar-refractivity contribution in [3.63, 3.8) is 0 Å². The lowest BCUT2D eigenvalue weighted by Gasteiger charge is -2.35.